The lowest BCUT2D eigenvalue weighted by molar-refractivity contribution is -0.147. The van der Waals surface area contributed by atoms with Crippen molar-refractivity contribution in [2.45, 2.75) is 19.8 Å². The van der Waals surface area contributed by atoms with E-state index in [-0.39, 0.29) is 18.9 Å². The quantitative estimate of drug-likeness (QED) is 0.891. The predicted molar refractivity (Wildman–Crippen MR) is 73.5 cm³/mol. The van der Waals surface area contributed by atoms with E-state index in [0.29, 0.717) is 19.6 Å². The Labute approximate surface area is 118 Å². The molecule has 1 aliphatic rings. The van der Waals surface area contributed by atoms with Gasteiger partial charge in [-0.2, -0.15) is 0 Å². The number of benzene rings is 1. The molecule has 0 radical (unpaired) electrons. The highest BCUT2D eigenvalue weighted by molar-refractivity contribution is 5.80. The summed E-state index contributed by atoms with van der Waals surface area (Å²) in [5.74, 6) is -0.156. The molecule has 1 aliphatic heterocycles. The Kier molecular flexibility index (Phi) is 4.27. The number of ether oxygens (including phenoxy) is 1. The third-order valence-electron chi connectivity index (χ3n) is 3.67. The Hall–Kier alpha value is -2.04. The van der Waals surface area contributed by atoms with Crippen LogP contribution in [0.3, 0.4) is 0 Å². The Morgan fingerprint density at radius 2 is 2.05 bits per heavy atom. The maximum atomic E-state index is 12.0. The minimum Gasteiger partial charge on any atom is -0.493 e. The van der Waals surface area contributed by atoms with E-state index in [1.54, 1.807) is 11.8 Å². The standard InChI is InChI=1S/C15H19NO4/c1-15(14(18)19)8-9-16(11-15)13(17)7-10-20-12-5-3-2-4-6-12/h2-6H,7-11H2,1H3,(H,18,19). The van der Waals surface area contributed by atoms with Crippen LogP contribution in [0.5, 0.6) is 5.75 Å². The van der Waals surface area contributed by atoms with Gasteiger partial charge in [-0.3, -0.25) is 9.59 Å². The highest BCUT2D eigenvalue weighted by Crippen LogP contribution is 2.30. The molecule has 5 nitrogen and oxygen atoms in total. The van der Waals surface area contributed by atoms with E-state index in [1.165, 1.54) is 0 Å². The number of aliphatic carboxylic acids is 1. The second-order valence-electron chi connectivity index (χ2n) is 5.34. The minimum atomic E-state index is -0.840. The number of carboxylic acids is 1. The molecular weight excluding hydrogens is 258 g/mol. The highest BCUT2D eigenvalue weighted by Gasteiger charge is 2.41. The van der Waals surface area contributed by atoms with Crippen LogP contribution in [0.4, 0.5) is 0 Å². The molecule has 108 valence electrons. The van der Waals surface area contributed by atoms with E-state index < -0.39 is 11.4 Å². The van der Waals surface area contributed by atoms with E-state index in [4.69, 9.17) is 9.84 Å². The normalized spacial score (nSPS) is 21.8. The summed E-state index contributed by atoms with van der Waals surface area (Å²) >= 11 is 0. The van der Waals surface area contributed by atoms with Crippen LogP contribution in [-0.4, -0.2) is 41.6 Å². The first-order valence-electron chi connectivity index (χ1n) is 6.70. The van der Waals surface area contributed by atoms with Crippen molar-refractivity contribution in [2.24, 2.45) is 5.41 Å². The number of carbonyl (C=O) groups excluding carboxylic acids is 1. The zero-order valence-electron chi connectivity index (χ0n) is 11.5. The van der Waals surface area contributed by atoms with Crippen LogP contribution in [0.15, 0.2) is 30.3 Å². The van der Waals surface area contributed by atoms with Crippen molar-refractivity contribution in [3.8, 4) is 5.75 Å². The van der Waals surface area contributed by atoms with Crippen LogP contribution in [0.1, 0.15) is 19.8 Å². The fourth-order valence-electron chi connectivity index (χ4n) is 2.28. The highest BCUT2D eigenvalue weighted by atomic mass is 16.5. The van der Waals surface area contributed by atoms with Gasteiger partial charge in [-0.05, 0) is 25.5 Å². The molecule has 1 saturated heterocycles. The number of carboxylic acid groups (broad SMARTS) is 1. The van der Waals surface area contributed by atoms with Crippen molar-refractivity contribution in [1.82, 2.24) is 4.90 Å². The monoisotopic (exact) mass is 277 g/mol. The van der Waals surface area contributed by atoms with Crippen molar-refractivity contribution in [1.29, 1.82) is 0 Å². The van der Waals surface area contributed by atoms with Crippen LogP contribution in [0.2, 0.25) is 0 Å². The van der Waals surface area contributed by atoms with Gasteiger partial charge in [-0.1, -0.05) is 18.2 Å². The third kappa shape index (κ3) is 3.29. The number of carbonyl (C=O) groups is 2. The molecular formula is C15H19NO4. The Morgan fingerprint density at radius 3 is 2.65 bits per heavy atom. The van der Waals surface area contributed by atoms with E-state index in [2.05, 4.69) is 0 Å². The SMILES string of the molecule is CC1(C(=O)O)CCN(C(=O)CCOc2ccccc2)C1. The number of rotatable bonds is 5. The topological polar surface area (TPSA) is 66.8 Å². The number of hydrogen-bond acceptors (Lipinski definition) is 3. The summed E-state index contributed by atoms with van der Waals surface area (Å²) in [7, 11) is 0. The number of likely N-dealkylation sites (tertiary alicyclic amines) is 1. The van der Waals surface area contributed by atoms with Gasteiger partial charge in [0.25, 0.3) is 0 Å². The van der Waals surface area contributed by atoms with Crippen LogP contribution < -0.4 is 4.74 Å². The molecule has 1 heterocycles. The summed E-state index contributed by atoms with van der Waals surface area (Å²) in [4.78, 5) is 24.7. The predicted octanol–water partition coefficient (Wildman–Crippen LogP) is 1.78. The molecule has 5 heteroatoms. The summed E-state index contributed by atoms with van der Waals surface area (Å²) in [6.45, 7) is 2.78. The second-order valence-corrected chi connectivity index (χ2v) is 5.34. The average molecular weight is 277 g/mol. The summed E-state index contributed by atoms with van der Waals surface area (Å²) in [6.07, 6.45) is 0.776. The maximum Gasteiger partial charge on any atom is 0.311 e. The number of amides is 1. The summed E-state index contributed by atoms with van der Waals surface area (Å²) in [5, 5.41) is 9.13. The van der Waals surface area contributed by atoms with Crippen molar-refractivity contribution in [3.05, 3.63) is 30.3 Å². The zero-order chi connectivity index (χ0) is 14.6. The van der Waals surface area contributed by atoms with Gasteiger partial charge in [0.2, 0.25) is 5.91 Å². The Morgan fingerprint density at radius 1 is 1.35 bits per heavy atom. The van der Waals surface area contributed by atoms with Gasteiger partial charge in [0, 0.05) is 13.1 Å². The van der Waals surface area contributed by atoms with Gasteiger partial charge in [-0.15, -0.1) is 0 Å². The van der Waals surface area contributed by atoms with Gasteiger partial charge in [-0.25, -0.2) is 0 Å². The van der Waals surface area contributed by atoms with Crippen LogP contribution >= 0.6 is 0 Å². The molecule has 20 heavy (non-hydrogen) atoms. The lowest BCUT2D eigenvalue weighted by atomic mass is 9.90. The number of para-hydroxylation sites is 1. The molecule has 1 aromatic rings. The fourth-order valence-corrected chi connectivity index (χ4v) is 2.28. The number of nitrogens with zero attached hydrogens (tertiary/aromatic N) is 1. The van der Waals surface area contributed by atoms with Gasteiger partial charge in [0.05, 0.1) is 18.4 Å². The maximum absolute atomic E-state index is 12.0. The summed E-state index contributed by atoms with van der Waals surface area (Å²) in [5.41, 5.74) is -0.810. The Bertz CT molecular complexity index is 488. The lowest BCUT2D eigenvalue weighted by Crippen LogP contribution is -2.35. The molecule has 0 saturated carbocycles. The van der Waals surface area contributed by atoms with Crippen LogP contribution in [0, 0.1) is 5.41 Å². The lowest BCUT2D eigenvalue weighted by Gasteiger charge is -2.20. The molecule has 0 bridgehead atoms. The molecule has 1 amide bonds. The van der Waals surface area contributed by atoms with E-state index in [0.717, 1.165) is 5.75 Å². The van der Waals surface area contributed by atoms with Gasteiger partial charge in [0.15, 0.2) is 0 Å². The molecule has 1 aromatic carbocycles. The van der Waals surface area contributed by atoms with Gasteiger partial charge >= 0.3 is 5.97 Å². The number of hydrogen-bond donors (Lipinski definition) is 1. The third-order valence-corrected chi connectivity index (χ3v) is 3.67. The van der Waals surface area contributed by atoms with Gasteiger partial charge < -0.3 is 14.7 Å². The Balaban J connectivity index is 1.78. The molecule has 0 aromatic heterocycles. The molecule has 1 N–H and O–H groups in total. The largest absolute Gasteiger partial charge is 0.493 e. The molecule has 1 unspecified atom stereocenters. The van der Waals surface area contributed by atoms with Crippen LogP contribution in [-0.2, 0) is 9.59 Å². The first-order chi connectivity index (χ1) is 9.51. The second kappa shape index (κ2) is 5.94. The first kappa shape index (κ1) is 14.4. The van der Waals surface area contributed by atoms with Crippen molar-refractivity contribution >= 4 is 11.9 Å². The molecule has 0 spiro atoms. The molecule has 1 fully saturated rings. The van der Waals surface area contributed by atoms with Crippen molar-refractivity contribution in [2.75, 3.05) is 19.7 Å². The summed E-state index contributed by atoms with van der Waals surface area (Å²) < 4.78 is 5.47. The fraction of sp³-hybridized carbons (Fsp3) is 0.467. The van der Waals surface area contributed by atoms with Gasteiger partial charge in [0.1, 0.15) is 5.75 Å². The van der Waals surface area contributed by atoms with Crippen molar-refractivity contribution in [3.63, 3.8) is 0 Å². The average Bonchev–Trinajstić information content (AvgIpc) is 2.84. The molecule has 2 rings (SSSR count). The van der Waals surface area contributed by atoms with E-state index in [1.807, 2.05) is 30.3 Å². The van der Waals surface area contributed by atoms with Crippen molar-refractivity contribution < 1.29 is 19.4 Å². The molecule has 1 atom stereocenters. The summed E-state index contributed by atoms with van der Waals surface area (Å²) in [6, 6.07) is 9.31. The van der Waals surface area contributed by atoms with E-state index in [9.17, 15) is 9.59 Å². The van der Waals surface area contributed by atoms with Crippen LogP contribution in [0.25, 0.3) is 0 Å². The minimum absolute atomic E-state index is 0.0501. The first-order valence-corrected chi connectivity index (χ1v) is 6.70. The zero-order valence-corrected chi connectivity index (χ0v) is 11.5. The molecule has 0 aliphatic carbocycles. The van der Waals surface area contributed by atoms with E-state index >= 15 is 0 Å². The smallest absolute Gasteiger partial charge is 0.311 e.